The summed E-state index contributed by atoms with van der Waals surface area (Å²) in [6.07, 6.45) is 2.88. The third-order valence-corrected chi connectivity index (χ3v) is 4.46. The van der Waals surface area contributed by atoms with Crippen molar-refractivity contribution >= 4 is 33.5 Å². The van der Waals surface area contributed by atoms with Gasteiger partial charge in [-0.25, -0.2) is 0 Å². The van der Waals surface area contributed by atoms with E-state index in [4.69, 9.17) is 5.73 Å². The van der Waals surface area contributed by atoms with E-state index in [1.807, 2.05) is 19.2 Å². The first-order valence-corrected chi connectivity index (χ1v) is 7.95. The zero-order valence-electron chi connectivity index (χ0n) is 12.3. The third kappa shape index (κ3) is 3.00. The Labute approximate surface area is 128 Å². The average molecular weight is 297 g/mol. The molecular formula is C17H19N3S. The van der Waals surface area contributed by atoms with E-state index < -0.39 is 0 Å². The first-order chi connectivity index (χ1) is 10.1. The fourth-order valence-corrected chi connectivity index (χ4v) is 3.37. The van der Waals surface area contributed by atoms with Crippen LogP contribution in [0.15, 0.2) is 41.9 Å². The van der Waals surface area contributed by atoms with E-state index >= 15 is 0 Å². The van der Waals surface area contributed by atoms with Crippen molar-refractivity contribution in [1.82, 2.24) is 4.98 Å². The van der Waals surface area contributed by atoms with E-state index in [9.17, 15) is 0 Å². The molecule has 3 N–H and O–H groups in total. The lowest BCUT2D eigenvalue weighted by Gasteiger charge is -2.17. The van der Waals surface area contributed by atoms with Crippen molar-refractivity contribution in [1.29, 1.82) is 0 Å². The molecule has 2 heterocycles. The smallest absolute Gasteiger partial charge is 0.0424 e. The molecule has 0 fully saturated rings. The van der Waals surface area contributed by atoms with Crippen LogP contribution in [0.3, 0.4) is 0 Å². The van der Waals surface area contributed by atoms with Gasteiger partial charge in [-0.2, -0.15) is 0 Å². The zero-order chi connectivity index (χ0) is 14.8. The molecule has 21 heavy (non-hydrogen) atoms. The summed E-state index contributed by atoms with van der Waals surface area (Å²) in [4.78, 5) is 5.74. The van der Waals surface area contributed by atoms with E-state index in [1.165, 1.54) is 4.88 Å². The van der Waals surface area contributed by atoms with Gasteiger partial charge in [-0.3, -0.25) is 4.98 Å². The van der Waals surface area contributed by atoms with Gasteiger partial charge < -0.3 is 11.1 Å². The molecule has 0 amide bonds. The summed E-state index contributed by atoms with van der Waals surface area (Å²) in [7, 11) is 0. The second-order valence-corrected chi connectivity index (χ2v) is 6.43. The highest BCUT2D eigenvalue weighted by atomic mass is 32.1. The summed E-state index contributed by atoms with van der Waals surface area (Å²) in [6, 6.07) is 10.7. The van der Waals surface area contributed by atoms with Crippen LogP contribution < -0.4 is 11.1 Å². The number of nitrogen functional groups attached to an aromatic ring is 1. The molecule has 2 aromatic heterocycles. The fourth-order valence-electron chi connectivity index (χ4n) is 2.54. The van der Waals surface area contributed by atoms with Crippen LogP contribution in [0.2, 0.25) is 0 Å². The first-order valence-electron chi connectivity index (χ1n) is 7.07. The molecule has 0 saturated heterocycles. The van der Waals surface area contributed by atoms with Gasteiger partial charge in [-0.05, 0) is 43.5 Å². The van der Waals surface area contributed by atoms with Crippen molar-refractivity contribution in [3.63, 3.8) is 0 Å². The Morgan fingerprint density at radius 1 is 1.29 bits per heavy atom. The summed E-state index contributed by atoms with van der Waals surface area (Å²) in [5.74, 6) is 0. The monoisotopic (exact) mass is 297 g/mol. The van der Waals surface area contributed by atoms with Crippen LogP contribution in [0.25, 0.3) is 10.8 Å². The molecule has 1 aromatic carbocycles. The summed E-state index contributed by atoms with van der Waals surface area (Å²) >= 11 is 1.80. The first kappa shape index (κ1) is 13.9. The number of pyridine rings is 1. The van der Waals surface area contributed by atoms with Gasteiger partial charge in [-0.15, -0.1) is 11.3 Å². The van der Waals surface area contributed by atoms with Crippen molar-refractivity contribution in [3.8, 4) is 0 Å². The van der Waals surface area contributed by atoms with E-state index in [-0.39, 0.29) is 0 Å². The summed E-state index contributed by atoms with van der Waals surface area (Å²) in [5, 5.41) is 7.87. The largest absolute Gasteiger partial charge is 0.398 e. The number of anilines is 2. The van der Waals surface area contributed by atoms with E-state index in [0.717, 1.165) is 34.3 Å². The highest BCUT2D eigenvalue weighted by molar-refractivity contribution is 7.09. The predicted molar refractivity (Wildman–Crippen MR) is 92.0 cm³/mol. The van der Waals surface area contributed by atoms with Gasteiger partial charge in [0.2, 0.25) is 0 Å². The molecule has 0 spiro atoms. The Balaban J connectivity index is 1.89. The van der Waals surface area contributed by atoms with Crippen molar-refractivity contribution in [2.75, 3.05) is 11.1 Å². The minimum absolute atomic E-state index is 0.365. The van der Waals surface area contributed by atoms with Gasteiger partial charge in [0, 0.05) is 51.4 Å². The number of nitrogens with two attached hydrogens (primary N) is 1. The molecule has 108 valence electrons. The van der Waals surface area contributed by atoms with Gasteiger partial charge >= 0.3 is 0 Å². The number of hydrogen-bond donors (Lipinski definition) is 2. The van der Waals surface area contributed by atoms with Crippen LogP contribution in [0.5, 0.6) is 0 Å². The number of fused-ring (bicyclic) bond motifs is 1. The maximum Gasteiger partial charge on any atom is 0.0424 e. The molecule has 0 radical (unpaired) electrons. The van der Waals surface area contributed by atoms with Crippen molar-refractivity contribution < 1.29 is 0 Å². The Hall–Kier alpha value is -2.07. The molecule has 0 aliphatic heterocycles. The predicted octanol–water partition coefficient (Wildman–Crippen LogP) is 4.23. The second-order valence-electron chi connectivity index (χ2n) is 5.40. The van der Waals surface area contributed by atoms with Crippen LogP contribution in [0, 0.1) is 6.92 Å². The number of rotatable bonds is 4. The molecule has 3 aromatic rings. The Morgan fingerprint density at radius 3 is 2.90 bits per heavy atom. The normalized spacial score (nSPS) is 12.5. The number of nitrogens with one attached hydrogen (secondary N) is 1. The highest BCUT2D eigenvalue weighted by Gasteiger charge is 2.09. The number of aromatic nitrogens is 1. The van der Waals surface area contributed by atoms with Crippen molar-refractivity contribution in [2.45, 2.75) is 26.3 Å². The molecule has 0 saturated carbocycles. The van der Waals surface area contributed by atoms with Gasteiger partial charge in [-0.1, -0.05) is 6.07 Å². The summed E-state index contributed by atoms with van der Waals surface area (Å²) < 4.78 is 0. The molecule has 3 nitrogen and oxygen atoms in total. The molecule has 0 bridgehead atoms. The third-order valence-electron chi connectivity index (χ3n) is 3.56. The zero-order valence-corrected chi connectivity index (χ0v) is 13.1. The molecule has 1 atom stereocenters. The Bertz CT molecular complexity index is 750. The molecule has 0 aliphatic rings. The van der Waals surface area contributed by atoms with Crippen LogP contribution in [0.1, 0.15) is 17.5 Å². The van der Waals surface area contributed by atoms with Gasteiger partial charge in [0.25, 0.3) is 0 Å². The number of nitrogens with zero attached hydrogens (tertiary/aromatic N) is 1. The van der Waals surface area contributed by atoms with Crippen molar-refractivity contribution in [3.05, 3.63) is 52.5 Å². The molecule has 3 rings (SSSR count). The quantitative estimate of drug-likeness (QED) is 0.709. The molecule has 4 heteroatoms. The Kier molecular flexibility index (Phi) is 3.80. The lowest BCUT2D eigenvalue weighted by Crippen LogP contribution is -2.17. The van der Waals surface area contributed by atoms with Gasteiger partial charge in [0.15, 0.2) is 0 Å². The molecule has 0 aliphatic carbocycles. The summed E-state index contributed by atoms with van der Waals surface area (Å²) in [6.45, 7) is 4.21. The van der Waals surface area contributed by atoms with Crippen LogP contribution in [0.4, 0.5) is 11.4 Å². The minimum atomic E-state index is 0.365. The molecule has 1 unspecified atom stereocenters. The van der Waals surface area contributed by atoms with Gasteiger partial charge in [0.05, 0.1) is 0 Å². The number of hydrogen-bond acceptors (Lipinski definition) is 4. The van der Waals surface area contributed by atoms with Gasteiger partial charge in [0.1, 0.15) is 0 Å². The van der Waals surface area contributed by atoms with Crippen LogP contribution in [-0.4, -0.2) is 11.0 Å². The minimum Gasteiger partial charge on any atom is -0.398 e. The lowest BCUT2D eigenvalue weighted by atomic mass is 10.1. The average Bonchev–Trinajstić information content (AvgIpc) is 2.95. The Morgan fingerprint density at radius 2 is 2.14 bits per heavy atom. The highest BCUT2D eigenvalue weighted by Crippen LogP contribution is 2.29. The lowest BCUT2D eigenvalue weighted by molar-refractivity contribution is 0.802. The SMILES string of the molecule is Cc1cc2c(NC(C)Cc3cccs3)ccc(N)c2cn1. The summed E-state index contributed by atoms with van der Waals surface area (Å²) in [5.41, 5.74) is 8.94. The van der Waals surface area contributed by atoms with E-state index in [2.05, 4.69) is 46.9 Å². The topological polar surface area (TPSA) is 50.9 Å². The van der Waals surface area contributed by atoms with E-state index in [0.29, 0.717) is 6.04 Å². The fraction of sp³-hybridized carbons (Fsp3) is 0.235. The standard InChI is InChI=1S/C17H19N3S/c1-11-9-14-15(10-19-11)16(18)5-6-17(14)20-12(2)8-13-4-3-7-21-13/h3-7,9-10,12,20H,8,18H2,1-2H3. The number of aryl methyl sites for hydroxylation is 1. The number of benzene rings is 1. The van der Waals surface area contributed by atoms with E-state index in [1.54, 1.807) is 11.3 Å². The maximum absolute atomic E-state index is 6.05. The number of thiophene rings is 1. The van der Waals surface area contributed by atoms with Crippen molar-refractivity contribution in [2.24, 2.45) is 0 Å². The van der Waals surface area contributed by atoms with Crippen LogP contribution >= 0.6 is 11.3 Å². The van der Waals surface area contributed by atoms with Crippen LogP contribution in [-0.2, 0) is 6.42 Å². The maximum atomic E-state index is 6.05. The second kappa shape index (κ2) is 5.74. The molecular weight excluding hydrogens is 278 g/mol.